The summed E-state index contributed by atoms with van der Waals surface area (Å²) >= 11 is 6.20. The number of oxime groups is 1. The van der Waals surface area contributed by atoms with Crippen LogP contribution in [0.1, 0.15) is 17.5 Å². The lowest BCUT2D eigenvalue weighted by molar-refractivity contribution is 0.310. The summed E-state index contributed by atoms with van der Waals surface area (Å²) in [5, 5.41) is 11.8. The lowest BCUT2D eigenvalue weighted by Gasteiger charge is -2.08. The van der Waals surface area contributed by atoms with Gasteiger partial charge in [-0.25, -0.2) is 0 Å². The van der Waals surface area contributed by atoms with Crippen LogP contribution in [-0.2, 0) is 6.42 Å². The number of halogens is 1. The molecule has 20 heavy (non-hydrogen) atoms. The van der Waals surface area contributed by atoms with E-state index in [-0.39, 0.29) is 0 Å². The summed E-state index contributed by atoms with van der Waals surface area (Å²) in [6.45, 7) is 0.432. The molecule has 0 fully saturated rings. The molecule has 0 heterocycles. The van der Waals surface area contributed by atoms with E-state index >= 15 is 0 Å². The van der Waals surface area contributed by atoms with Gasteiger partial charge in [-0.3, -0.25) is 0 Å². The Morgan fingerprint density at radius 1 is 1.10 bits per heavy atom. The molecule has 0 saturated heterocycles. The summed E-state index contributed by atoms with van der Waals surface area (Å²) in [6.07, 6.45) is 2.77. The van der Waals surface area contributed by atoms with Crippen molar-refractivity contribution in [3.63, 3.8) is 0 Å². The highest BCUT2D eigenvalue weighted by Gasteiger charge is 2.03. The van der Waals surface area contributed by atoms with Crippen LogP contribution in [0.25, 0.3) is 0 Å². The van der Waals surface area contributed by atoms with Crippen molar-refractivity contribution < 1.29 is 9.94 Å². The first-order valence-corrected chi connectivity index (χ1v) is 6.78. The SMILES string of the molecule is ON=CCCOc1ccc(Cc2ccccc2)cc1Cl. The Hall–Kier alpha value is -2.00. The Labute approximate surface area is 123 Å². The van der Waals surface area contributed by atoms with Crippen molar-refractivity contribution >= 4 is 17.8 Å². The number of hydrogen-bond donors (Lipinski definition) is 1. The molecule has 0 saturated carbocycles. The van der Waals surface area contributed by atoms with Gasteiger partial charge in [0.05, 0.1) is 11.6 Å². The molecule has 0 aliphatic heterocycles. The van der Waals surface area contributed by atoms with Crippen molar-refractivity contribution in [1.29, 1.82) is 0 Å². The second kappa shape index (κ2) is 7.56. The minimum atomic E-state index is 0.432. The fraction of sp³-hybridized carbons (Fsp3) is 0.188. The molecule has 0 radical (unpaired) electrons. The van der Waals surface area contributed by atoms with Gasteiger partial charge >= 0.3 is 0 Å². The van der Waals surface area contributed by atoms with Gasteiger partial charge in [0.2, 0.25) is 0 Å². The van der Waals surface area contributed by atoms with Gasteiger partial charge in [-0.15, -0.1) is 5.16 Å². The minimum absolute atomic E-state index is 0.432. The Bertz CT molecular complexity index is 570. The standard InChI is InChI=1S/C16H16ClNO2/c17-15-12-14(11-13-5-2-1-3-6-13)7-8-16(15)20-10-4-9-18-19/h1-3,5-9,12,19H,4,10-11H2. The van der Waals surface area contributed by atoms with Crippen LogP contribution < -0.4 is 4.74 Å². The molecule has 0 aliphatic carbocycles. The number of ether oxygens (including phenoxy) is 1. The maximum atomic E-state index is 8.28. The van der Waals surface area contributed by atoms with Gasteiger partial charge < -0.3 is 9.94 Å². The van der Waals surface area contributed by atoms with Crippen LogP contribution in [0.3, 0.4) is 0 Å². The van der Waals surface area contributed by atoms with E-state index < -0.39 is 0 Å². The molecular formula is C16H16ClNO2. The fourth-order valence-electron chi connectivity index (χ4n) is 1.88. The summed E-state index contributed by atoms with van der Waals surface area (Å²) in [4.78, 5) is 0. The van der Waals surface area contributed by atoms with Crippen LogP contribution >= 0.6 is 11.6 Å². The third-order valence-electron chi connectivity index (χ3n) is 2.83. The Kier molecular flexibility index (Phi) is 5.44. The molecule has 2 aromatic carbocycles. The first-order valence-electron chi connectivity index (χ1n) is 6.40. The first kappa shape index (κ1) is 14.4. The van der Waals surface area contributed by atoms with Gasteiger partial charge in [0.25, 0.3) is 0 Å². The third-order valence-corrected chi connectivity index (χ3v) is 3.13. The molecule has 0 bridgehead atoms. The normalized spacial score (nSPS) is 10.8. The molecule has 2 rings (SSSR count). The second-order valence-corrected chi connectivity index (χ2v) is 4.77. The molecule has 0 aromatic heterocycles. The molecular weight excluding hydrogens is 274 g/mol. The van der Waals surface area contributed by atoms with Crippen molar-refractivity contribution in [2.24, 2.45) is 5.16 Å². The molecule has 3 nitrogen and oxygen atoms in total. The molecule has 0 unspecified atom stereocenters. The van der Waals surface area contributed by atoms with E-state index in [1.54, 1.807) is 0 Å². The van der Waals surface area contributed by atoms with E-state index in [1.165, 1.54) is 11.8 Å². The predicted molar refractivity (Wildman–Crippen MR) is 81.1 cm³/mol. The van der Waals surface area contributed by atoms with E-state index in [0.717, 1.165) is 12.0 Å². The summed E-state index contributed by atoms with van der Waals surface area (Å²) in [5.74, 6) is 0.648. The largest absolute Gasteiger partial charge is 0.492 e. The van der Waals surface area contributed by atoms with Crippen molar-refractivity contribution in [2.45, 2.75) is 12.8 Å². The van der Waals surface area contributed by atoms with Gasteiger partial charge in [-0.1, -0.05) is 48.0 Å². The third kappa shape index (κ3) is 4.28. The van der Waals surface area contributed by atoms with Crippen LogP contribution in [0, 0.1) is 0 Å². The highest BCUT2D eigenvalue weighted by atomic mass is 35.5. The maximum Gasteiger partial charge on any atom is 0.137 e. The number of nitrogens with zero attached hydrogens (tertiary/aromatic N) is 1. The topological polar surface area (TPSA) is 41.8 Å². The highest BCUT2D eigenvalue weighted by molar-refractivity contribution is 6.32. The zero-order valence-corrected chi connectivity index (χ0v) is 11.8. The molecule has 0 amide bonds. The monoisotopic (exact) mass is 289 g/mol. The predicted octanol–water partition coefficient (Wildman–Crippen LogP) is 4.16. The van der Waals surface area contributed by atoms with Crippen molar-refractivity contribution in [3.05, 3.63) is 64.7 Å². The van der Waals surface area contributed by atoms with Crippen LogP contribution in [0.4, 0.5) is 0 Å². The number of benzene rings is 2. The summed E-state index contributed by atoms with van der Waals surface area (Å²) < 4.78 is 5.51. The molecule has 4 heteroatoms. The van der Waals surface area contributed by atoms with Crippen molar-refractivity contribution in [3.8, 4) is 5.75 Å². The highest BCUT2D eigenvalue weighted by Crippen LogP contribution is 2.26. The van der Waals surface area contributed by atoms with E-state index in [4.69, 9.17) is 21.5 Å². The zero-order valence-electron chi connectivity index (χ0n) is 11.0. The molecule has 104 valence electrons. The van der Waals surface area contributed by atoms with E-state index in [0.29, 0.717) is 23.8 Å². The van der Waals surface area contributed by atoms with Crippen LogP contribution in [0.15, 0.2) is 53.7 Å². The van der Waals surface area contributed by atoms with Gasteiger partial charge in [-0.2, -0.15) is 0 Å². The molecule has 1 N–H and O–H groups in total. The van der Waals surface area contributed by atoms with Crippen LogP contribution in [0.2, 0.25) is 5.02 Å². The number of rotatable bonds is 6. The van der Waals surface area contributed by atoms with Crippen molar-refractivity contribution in [2.75, 3.05) is 6.61 Å². The Balaban J connectivity index is 1.98. The molecule has 2 aromatic rings. The lowest BCUT2D eigenvalue weighted by Crippen LogP contribution is -1.99. The Morgan fingerprint density at radius 2 is 1.90 bits per heavy atom. The molecule has 0 aliphatic rings. The van der Waals surface area contributed by atoms with Gasteiger partial charge in [-0.05, 0) is 29.7 Å². The zero-order chi connectivity index (χ0) is 14.2. The van der Waals surface area contributed by atoms with E-state index in [1.807, 2.05) is 36.4 Å². The quantitative estimate of drug-likeness (QED) is 0.375. The number of hydrogen-bond acceptors (Lipinski definition) is 3. The van der Waals surface area contributed by atoms with Crippen LogP contribution in [-0.4, -0.2) is 18.0 Å². The lowest BCUT2D eigenvalue weighted by atomic mass is 10.1. The Morgan fingerprint density at radius 3 is 2.60 bits per heavy atom. The second-order valence-electron chi connectivity index (χ2n) is 4.36. The minimum Gasteiger partial charge on any atom is -0.492 e. The van der Waals surface area contributed by atoms with Gasteiger partial charge in [0, 0.05) is 12.6 Å². The molecule has 0 spiro atoms. The average molecular weight is 290 g/mol. The summed E-state index contributed by atoms with van der Waals surface area (Å²) in [6, 6.07) is 16.0. The smallest absolute Gasteiger partial charge is 0.137 e. The van der Waals surface area contributed by atoms with E-state index in [2.05, 4.69) is 17.3 Å². The van der Waals surface area contributed by atoms with Crippen molar-refractivity contribution in [1.82, 2.24) is 0 Å². The first-order chi connectivity index (χ1) is 9.79. The molecule has 0 atom stereocenters. The fourth-order valence-corrected chi connectivity index (χ4v) is 2.14. The summed E-state index contributed by atoms with van der Waals surface area (Å²) in [5.41, 5.74) is 2.39. The van der Waals surface area contributed by atoms with Gasteiger partial charge in [0.15, 0.2) is 0 Å². The summed E-state index contributed by atoms with van der Waals surface area (Å²) in [7, 11) is 0. The average Bonchev–Trinajstić information content (AvgIpc) is 2.46. The van der Waals surface area contributed by atoms with Crippen LogP contribution in [0.5, 0.6) is 5.75 Å². The maximum absolute atomic E-state index is 8.28. The van der Waals surface area contributed by atoms with Gasteiger partial charge in [0.1, 0.15) is 5.75 Å². The van der Waals surface area contributed by atoms with E-state index in [9.17, 15) is 0 Å².